The molecule has 2 aromatic carbocycles. The second-order valence-corrected chi connectivity index (χ2v) is 10.5. The molecule has 0 aromatic heterocycles. The van der Waals surface area contributed by atoms with E-state index in [-0.39, 0.29) is 22.8 Å². The van der Waals surface area contributed by atoms with Gasteiger partial charge in [-0.3, -0.25) is 4.79 Å². The molecule has 2 aliphatic rings. The highest BCUT2D eigenvalue weighted by molar-refractivity contribution is 7.89. The fraction of sp³-hybridized carbons (Fsp3) is 0.435. The molecule has 0 bridgehead atoms. The number of nitrogens with zero attached hydrogens (tertiary/aromatic N) is 1. The van der Waals surface area contributed by atoms with Gasteiger partial charge in [0.15, 0.2) is 11.5 Å². The van der Waals surface area contributed by atoms with Crippen molar-refractivity contribution in [1.29, 1.82) is 0 Å². The van der Waals surface area contributed by atoms with Gasteiger partial charge in [-0.1, -0.05) is 23.7 Å². The number of piperidine rings is 1. The lowest BCUT2D eigenvalue weighted by Crippen LogP contribution is -2.43. The quantitative estimate of drug-likeness (QED) is 0.706. The Kier molecular flexibility index (Phi) is 6.93. The number of hydrogen-bond acceptors (Lipinski definition) is 5. The van der Waals surface area contributed by atoms with E-state index in [1.165, 1.54) is 10.4 Å². The average molecular weight is 479 g/mol. The summed E-state index contributed by atoms with van der Waals surface area (Å²) in [5.41, 5.74) is 0.931. The van der Waals surface area contributed by atoms with Crippen LogP contribution in [0, 0.1) is 5.92 Å². The van der Waals surface area contributed by atoms with Crippen LogP contribution < -0.4 is 14.8 Å². The lowest BCUT2D eigenvalue weighted by atomic mass is 9.96. The SMILES string of the molecule is C[C@H](NC(=O)C1CCN(S(=O)(=O)c2ccc3c(c2)OCCCO3)CC1)c1cccc(Cl)c1. The van der Waals surface area contributed by atoms with Gasteiger partial charge in [-0.15, -0.1) is 0 Å². The Morgan fingerprint density at radius 1 is 1.09 bits per heavy atom. The fourth-order valence-corrected chi connectivity index (χ4v) is 5.69. The van der Waals surface area contributed by atoms with Crippen molar-refractivity contribution < 1.29 is 22.7 Å². The average Bonchev–Trinajstić information content (AvgIpc) is 3.04. The number of carbonyl (C=O) groups is 1. The van der Waals surface area contributed by atoms with Gasteiger partial charge in [0.2, 0.25) is 15.9 Å². The molecule has 1 atom stereocenters. The minimum atomic E-state index is -3.68. The number of fused-ring (bicyclic) bond motifs is 1. The third-order valence-electron chi connectivity index (χ3n) is 5.89. The van der Waals surface area contributed by atoms with E-state index < -0.39 is 10.0 Å². The molecule has 2 aromatic rings. The van der Waals surface area contributed by atoms with E-state index in [0.717, 1.165) is 12.0 Å². The maximum absolute atomic E-state index is 13.1. The molecule has 0 unspecified atom stereocenters. The van der Waals surface area contributed by atoms with Gasteiger partial charge in [-0.2, -0.15) is 4.31 Å². The first-order chi connectivity index (χ1) is 15.3. The van der Waals surface area contributed by atoms with Gasteiger partial charge in [-0.05, 0) is 49.6 Å². The molecule has 172 valence electrons. The lowest BCUT2D eigenvalue weighted by molar-refractivity contribution is -0.126. The summed E-state index contributed by atoms with van der Waals surface area (Å²) in [7, 11) is -3.68. The van der Waals surface area contributed by atoms with Crippen molar-refractivity contribution in [3.8, 4) is 11.5 Å². The van der Waals surface area contributed by atoms with Gasteiger partial charge in [-0.25, -0.2) is 8.42 Å². The molecule has 2 aliphatic heterocycles. The molecule has 9 heteroatoms. The summed E-state index contributed by atoms with van der Waals surface area (Å²) in [6, 6.07) is 11.9. The largest absolute Gasteiger partial charge is 0.490 e. The monoisotopic (exact) mass is 478 g/mol. The number of hydrogen-bond donors (Lipinski definition) is 1. The van der Waals surface area contributed by atoms with Crippen LogP contribution in [0.25, 0.3) is 0 Å². The predicted octanol–water partition coefficient (Wildman–Crippen LogP) is 3.78. The fourth-order valence-electron chi connectivity index (χ4n) is 4.00. The van der Waals surface area contributed by atoms with E-state index in [4.69, 9.17) is 21.1 Å². The molecule has 1 fully saturated rings. The molecule has 2 heterocycles. The summed E-state index contributed by atoms with van der Waals surface area (Å²) in [6.07, 6.45) is 1.69. The molecule has 4 rings (SSSR count). The zero-order chi connectivity index (χ0) is 22.7. The van der Waals surface area contributed by atoms with Gasteiger partial charge in [0, 0.05) is 36.5 Å². The molecule has 0 spiro atoms. The smallest absolute Gasteiger partial charge is 0.243 e. The van der Waals surface area contributed by atoms with E-state index in [2.05, 4.69) is 5.32 Å². The van der Waals surface area contributed by atoms with Gasteiger partial charge in [0.25, 0.3) is 0 Å². The molecule has 1 amide bonds. The van der Waals surface area contributed by atoms with Crippen LogP contribution >= 0.6 is 11.6 Å². The third-order valence-corrected chi connectivity index (χ3v) is 8.02. The molecule has 32 heavy (non-hydrogen) atoms. The van der Waals surface area contributed by atoms with E-state index in [1.54, 1.807) is 18.2 Å². The second kappa shape index (κ2) is 9.68. The van der Waals surface area contributed by atoms with Crippen molar-refractivity contribution >= 4 is 27.5 Å². The van der Waals surface area contributed by atoms with E-state index in [1.807, 2.05) is 25.1 Å². The number of benzene rings is 2. The first-order valence-electron chi connectivity index (χ1n) is 10.8. The maximum Gasteiger partial charge on any atom is 0.243 e. The van der Waals surface area contributed by atoms with Crippen molar-refractivity contribution in [2.24, 2.45) is 5.92 Å². The number of carbonyl (C=O) groups excluding carboxylic acids is 1. The third kappa shape index (κ3) is 5.03. The highest BCUT2D eigenvalue weighted by atomic mass is 35.5. The van der Waals surface area contributed by atoms with Gasteiger partial charge in [0.1, 0.15) is 0 Å². The van der Waals surface area contributed by atoms with Crippen LogP contribution in [0.1, 0.15) is 37.8 Å². The zero-order valence-corrected chi connectivity index (χ0v) is 19.5. The zero-order valence-electron chi connectivity index (χ0n) is 17.9. The summed E-state index contributed by atoms with van der Waals surface area (Å²) in [5.74, 6) is 0.718. The molecule has 0 aliphatic carbocycles. The van der Waals surface area contributed by atoms with Crippen LogP contribution in [-0.2, 0) is 14.8 Å². The Bertz CT molecular complexity index is 1080. The summed E-state index contributed by atoms with van der Waals surface area (Å²) >= 11 is 6.04. The first kappa shape index (κ1) is 22.9. The molecule has 7 nitrogen and oxygen atoms in total. The van der Waals surface area contributed by atoms with Crippen molar-refractivity contribution in [2.45, 2.75) is 37.1 Å². The summed E-state index contributed by atoms with van der Waals surface area (Å²) < 4.78 is 39.0. The highest BCUT2D eigenvalue weighted by Crippen LogP contribution is 2.34. The van der Waals surface area contributed by atoms with Crippen LogP contribution in [0.3, 0.4) is 0 Å². The van der Waals surface area contributed by atoms with Crippen LogP contribution in [0.5, 0.6) is 11.5 Å². The molecular weight excluding hydrogens is 452 g/mol. The number of rotatable bonds is 5. The van der Waals surface area contributed by atoms with E-state index >= 15 is 0 Å². The van der Waals surface area contributed by atoms with Crippen LogP contribution in [0.2, 0.25) is 5.02 Å². The van der Waals surface area contributed by atoms with Crippen LogP contribution in [0.15, 0.2) is 47.4 Å². The number of sulfonamides is 1. The van der Waals surface area contributed by atoms with Crippen molar-refractivity contribution in [3.63, 3.8) is 0 Å². The number of amides is 1. The van der Waals surface area contributed by atoms with Crippen LogP contribution in [0.4, 0.5) is 0 Å². The minimum absolute atomic E-state index is 0.0647. The number of ether oxygens (including phenoxy) is 2. The Hall–Kier alpha value is -2.29. The number of nitrogens with one attached hydrogen (secondary N) is 1. The summed E-state index contributed by atoms with van der Waals surface area (Å²) in [6.45, 7) is 3.53. The molecular formula is C23H27ClN2O5S. The van der Waals surface area contributed by atoms with Gasteiger partial charge >= 0.3 is 0 Å². The molecule has 0 radical (unpaired) electrons. The first-order valence-corrected chi connectivity index (χ1v) is 12.6. The van der Waals surface area contributed by atoms with Crippen LogP contribution in [-0.4, -0.2) is 44.9 Å². The summed E-state index contributed by atoms with van der Waals surface area (Å²) in [4.78, 5) is 12.9. The molecule has 1 saturated heterocycles. The van der Waals surface area contributed by atoms with E-state index in [0.29, 0.717) is 55.7 Å². The Morgan fingerprint density at radius 3 is 2.53 bits per heavy atom. The normalized spacial score (nSPS) is 18.6. The lowest BCUT2D eigenvalue weighted by Gasteiger charge is -2.31. The maximum atomic E-state index is 13.1. The van der Waals surface area contributed by atoms with Gasteiger partial charge < -0.3 is 14.8 Å². The topological polar surface area (TPSA) is 84.9 Å². The van der Waals surface area contributed by atoms with Gasteiger partial charge in [0.05, 0.1) is 24.2 Å². The predicted molar refractivity (Wildman–Crippen MR) is 122 cm³/mol. The van der Waals surface area contributed by atoms with Crippen molar-refractivity contribution in [1.82, 2.24) is 9.62 Å². The Morgan fingerprint density at radius 2 is 1.81 bits per heavy atom. The standard InChI is InChI=1S/C23H27ClN2O5S/c1-16(18-4-2-5-19(24)14-18)25-23(27)17-8-10-26(11-9-17)32(28,29)20-6-7-21-22(15-20)31-13-3-12-30-21/h2,4-7,14-17H,3,8-13H2,1H3,(H,25,27)/t16-/m0/s1. The highest BCUT2D eigenvalue weighted by Gasteiger charge is 2.33. The molecule has 1 N–H and O–H groups in total. The Labute approximate surface area is 193 Å². The van der Waals surface area contributed by atoms with E-state index in [9.17, 15) is 13.2 Å². The Balaban J connectivity index is 1.37. The van der Waals surface area contributed by atoms with Crippen molar-refractivity contribution in [2.75, 3.05) is 26.3 Å². The number of halogens is 1. The van der Waals surface area contributed by atoms with Crippen molar-refractivity contribution in [3.05, 3.63) is 53.1 Å². The summed E-state index contributed by atoms with van der Waals surface area (Å²) in [5, 5.41) is 3.64. The molecule has 0 saturated carbocycles. The minimum Gasteiger partial charge on any atom is -0.490 e. The second-order valence-electron chi connectivity index (χ2n) is 8.12.